The second-order valence-corrected chi connectivity index (χ2v) is 9.02. The minimum absolute atomic E-state index is 0.00689. The van der Waals surface area contributed by atoms with Crippen molar-refractivity contribution in [3.8, 4) is 0 Å². The van der Waals surface area contributed by atoms with Crippen molar-refractivity contribution in [1.29, 1.82) is 0 Å². The zero-order valence-corrected chi connectivity index (χ0v) is 14.8. The third-order valence-electron chi connectivity index (χ3n) is 4.13. The Morgan fingerprint density at radius 3 is 2.48 bits per heavy atom. The Kier molecular flexibility index (Phi) is 5.13. The summed E-state index contributed by atoms with van der Waals surface area (Å²) in [7, 11) is -3.53. The summed E-state index contributed by atoms with van der Waals surface area (Å²) in [5, 5.41) is 9.08. The first-order valence-electron chi connectivity index (χ1n) is 7.15. The fraction of sp³-hybridized carbons (Fsp3) is 0.600. The van der Waals surface area contributed by atoms with Gasteiger partial charge in [0.15, 0.2) is 0 Å². The van der Waals surface area contributed by atoms with Gasteiger partial charge in [-0.05, 0) is 64.7 Å². The molecule has 2 N–H and O–H groups in total. The lowest BCUT2D eigenvalue weighted by molar-refractivity contribution is 0.218. The van der Waals surface area contributed by atoms with Crippen molar-refractivity contribution in [2.45, 2.75) is 57.1 Å². The molecule has 0 unspecified atom stereocenters. The molecule has 1 aromatic rings. The lowest BCUT2D eigenvalue weighted by Crippen LogP contribution is -2.39. The van der Waals surface area contributed by atoms with E-state index in [1.165, 1.54) is 6.07 Å². The Balaban J connectivity index is 2.12. The number of aliphatic hydroxyl groups is 1. The smallest absolute Gasteiger partial charge is 0.241 e. The summed E-state index contributed by atoms with van der Waals surface area (Å²) in [5.41, 5.74) is 0.992. The van der Waals surface area contributed by atoms with E-state index in [0.717, 1.165) is 25.7 Å². The summed E-state index contributed by atoms with van der Waals surface area (Å²) in [6, 6.07) is 4.81. The third kappa shape index (κ3) is 4.28. The Morgan fingerprint density at radius 1 is 1.33 bits per heavy atom. The molecular weight excluding hydrogens is 354 g/mol. The van der Waals surface area contributed by atoms with E-state index < -0.39 is 10.0 Å². The number of halogens is 1. The quantitative estimate of drug-likeness (QED) is 0.848. The van der Waals surface area contributed by atoms with Crippen LogP contribution in [-0.2, 0) is 16.6 Å². The Morgan fingerprint density at radius 2 is 1.95 bits per heavy atom. The van der Waals surface area contributed by atoms with Crippen LogP contribution in [0, 0.1) is 5.41 Å². The van der Waals surface area contributed by atoms with Crippen LogP contribution >= 0.6 is 15.9 Å². The molecule has 6 heteroatoms. The predicted octanol–water partition coefficient (Wildman–Crippen LogP) is 3.19. The number of benzene rings is 1. The molecule has 1 fully saturated rings. The molecular formula is C15H22BrNO3S. The molecule has 0 spiro atoms. The molecule has 0 radical (unpaired) electrons. The molecule has 2 rings (SSSR count). The highest BCUT2D eigenvalue weighted by molar-refractivity contribution is 9.10. The molecule has 0 aliphatic heterocycles. The van der Waals surface area contributed by atoms with Crippen LogP contribution in [0.4, 0.5) is 0 Å². The van der Waals surface area contributed by atoms with Crippen molar-refractivity contribution in [3.05, 3.63) is 28.2 Å². The van der Waals surface area contributed by atoms with Crippen LogP contribution in [0.5, 0.6) is 0 Å². The summed E-state index contributed by atoms with van der Waals surface area (Å²) in [6.45, 7) is 4.34. The van der Waals surface area contributed by atoms with E-state index in [1.54, 1.807) is 12.1 Å². The maximum atomic E-state index is 12.5. The van der Waals surface area contributed by atoms with Gasteiger partial charge in [-0.25, -0.2) is 13.1 Å². The van der Waals surface area contributed by atoms with Gasteiger partial charge in [-0.1, -0.05) is 19.9 Å². The molecule has 0 saturated heterocycles. The molecule has 1 saturated carbocycles. The van der Waals surface area contributed by atoms with Gasteiger partial charge in [-0.3, -0.25) is 0 Å². The molecule has 21 heavy (non-hydrogen) atoms. The van der Waals surface area contributed by atoms with Crippen LogP contribution in [0.25, 0.3) is 0 Å². The first kappa shape index (κ1) is 16.9. The van der Waals surface area contributed by atoms with E-state index >= 15 is 0 Å². The second-order valence-electron chi connectivity index (χ2n) is 6.48. The van der Waals surface area contributed by atoms with Gasteiger partial charge in [0.2, 0.25) is 10.0 Å². The maximum absolute atomic E-state index is 12.5. The summed E-state index contributed by atoms with van der Waals surface area (Å²) in [6.07, 6.45) is 3.81. The van der Waals surface area contributed by atoms with Crippen molar-refractivity contribution in [1.82, 2.24) is 4.72 Å². The van der Waals surface area contributed by atoms with E-state index in [-0.39, 0.29) is 17.5 Å². The average Bonchev–Trinajstić information content (AvgIpc) is 2.40. The van der Waals surface area contributed by atoms with Crippen molar-refractivity contribution < 1.29 is 13.5 Å². The monoisotopic (exact) mass is 375 g/mol. The zero-order valence-electron chi connectivity index (χ0n) is 12.4. The highest BCUT2D eigenvalue weighted by Crippen LogP contribution is 2.35. The second kappa shape index (κ2) is 6.36. The third-order valence-corrected chi connectivity index (χ3v) is 6.63. The first-order chi connectivity index (χ1) is 9.73. The number of hydrogen-bond donors (Lipinski definition) is 2. The number of nitrogens with one attached hydrogen (secondary N) is 1. The van der Waals surface area contributed by atoms with Gasteiger partial charge in [0.25, 0.3) is 0 Å². The first-order valence-corrected chi connectivity index (χ1v) is 9.43. The van der Waals surface area contributed by atoms with Gasteiger partial charge >= 0.3 is 0 Å². The van der Waals surface area contributed by atoms with Crippen molar-refractivity contribution in [3.63, 3.8) is 0 Å². The number of sulfonamides is 1. The van der Waals surface area contributed by atoms with E-state index in [0.29, 0.717) is 15.5 Å². The molecule has 0 amide bonds. The van der Waals surface area contributed by atoms with Crippen molar-refractivity contribution >= 4 is 26.0 Å². The maximum Gasteiger partial charge on any atom is 0.241 e. The number of aliphatic hydroxyl groups excluding tert-OH is 1. The molecule has 4 nitrogen and oxygen atoms in total. The molecule has 1 aliphatic rings. The fourth-order valence-corrected chi connectivity index (χ4v) is 5.09. The summed E-state index contributed by atoms with van der Waals surface area (Å²) >= 11 is 3.28. The number of hydrogen-bond acceptors (Lipinski definition) is 3. The molecule has 0 bridgehead atoms. The van der Waals surface area contributed by atoms with Crippen LogP contribution in [0.2, 0.25) is 0 Å². The molecule has 1 aromatic carbocycles. The van der Waals surface area contributed by atoms with Crippen LogP contribution in [0.1, 0.15) is 45.1 Å². The standard InChI is InChI=1S/C15H22BrNO3S/c1-15(2)7-5-12(6-8-15)17-21(19,20)14-4-3-11(10-18)9-13(14)16/h3-4,9,12,17-18H,5-8,10H2,1-2H3. The van der Waals surface area contributed by atoms with Crippen LogP contribution in [-0.4, -0.2) is 19.6 Å². The molecule has 0 atom stereocenters. The van der Waals surface area contributed by atoms with Crippen LogP contribution < -0.4 is 4.72 Å². The SMILES string of the molecule is CC1(C)CCC(NS(=O)(=O)c2ccc(CO)cc2Br)CC1. The van der Waals surface area contributed by atoms with Gasteiger partial charge in [0.1, 0.15) is 0 Å². The summed E-state index contributed by atoms with van der Waals surface area (Å²) in [5.74, 6) is 0. The Labute approximate surface area is 135 Å². The minimum atomic E-state index is -3.53. The van der Waals surface area contributed by atoms with Gasteiger partial charge in [-0.2, -0.15) is 0 Å². The van der Waals surface area contributed by atoms with Crippen molar-refractivity contribution in [2.75, 3.05) is 0 Å². The van der Waals surface area contributed by atoms with E-state index in [9.17, 15) is 8.42 Å². The Bertz CT molecular complexity index is 603. The lowest BCUT2D eigenvalue weighted by atomic mass is 9.76. The van der Waals surface area contributed by atoms with Gasteiger partial charge in [-0.15, -0.1) is 0 Å². The molecule has 118 valence electrons. The molecule has 0 heterocycles. The Hall–Kier alpha value is -0.430. The number of rotatable bonds is 4. The van der Waals surface area contributed by atoms with Crippen molar-refractivity contribution in [2.24, 2.45) is 5.41 Å². The predicted molar refractivity (Wildman–Crippen MR) is 86.4 cm³/mol. The normalized spacial score (nSPS) is 19.6. The van der Waals surface area contributed by atoms with Gasteiger partial charge in [0.05, 0.1) is 11.5 Å². The average molecular weight is 376 g/mol. The van der Waals surface area contributed by atoms with Crippen LogP contribution in [0.15, 0.2) is 27.6 Å². The summed E-state index contributed by atoms with van der Waals surface area (Å²) in [4.78, 5) is 0.226. The fourth-order valence-electron chi connectivity index (χ4n) is 2.66. The van der Waals surface area contributed by atoms with E-state index in [4.69, 9.17) is 5.11 Å². The van der Waals surface area contributed by atoms with Gasteiger partial charge < -0.3 is 5.11 Å². The van der Waals surface area contributed by atoms with Crippen LogP contribution in [0.3, 0.4) is 0 Å². The largest absolute Gasteiger partial charge is 0.392 e. The highest BCUT2D eigenvalue weighted by atomic mass is 79.9. The lowest BCUT2D eigenvalue weighted by Gasteiger charge is -2.34. The highest BCUT2D eigenvalue weighted by Gasteiger charge is 2.30. The molecule has 0 aromatic heterocycles. The minimum Gasteiger partial charge on any atom is -0.392 e. The van der Waals surface area contributed by atoms with E-state index in [1.807, 2.05) is 0 Å². The zero-order chi connectivity index (χ0) is 15.7. The van der Waals surface area contributed by atoms with Gasteiger partial charge in [0, 0.05) is 10.5 Å². The topological polar surface area (TPSA) is 66.4 Å². The van der Waals surface area contributed by atoms with E-state index in [2.05, 4.69) is 34.5 Å². The summed E-state index contributed by atoms with van der Waals surface area (Å²) < 4.78 is 28.2. The molecule has 1 aliphatic carbocycles.